The minimum Gasteiger partial charge on any atom is -0.444 e. The molecule has 1 aliphatic rings. The van der Waals surface area contributed by atoms with Crippen molar-refractivity contribution in [1.29, 1.82) is 0 Å². The average Bonchev–Trinajstić information content (AvgIpc) is 3.50. The average molecular weight is 745 g/mol. The summed E-state index contributed by atoms with van der Waals surface area (Å²) in [7, 11) is -2.52. The summed E-state index contributed by atoms with van der Waals surface area (Å²) in [5.74, 6) is 1.12. The van der Waals surface area contributed by atoms with E-state index in [1.54, 1.807) is 0 Å². The SMILES string of the molecule is CC(C)(C)OC(=O)N[C@H]1CC[C@@H](c2cc(N(COCC[Si](C)(C)C)COCC[Si](C)(C)C)n3ncc(-c4ccc(-c5ccccc5)nc4)c3n2)CC1. The number of fused-ring (bicyclic) bond motifs is 1. The summed E-state index contributed by atoms with van der Waals surface area (Å²) in [5, 5.41) is 8.01. The molecule has 0 atom stereocenters. The Morgan fingerprint density at radius 2 is 1.50 bits per heavy atom. The van der Waals surface area contributed by atoms with Gasteiger partial charge in [-0.3, -0.25) is 4.98 Å². The lowest BCUT2D eigenvalue weighted by Gasteiger charge is -2.31. The lowest BCUT2D eigenvalue weighted by Crippen LogP contribution is -2.40. The third kappa shape index (κ3) is 11.7. The molecule has 0 saturated heterocycles. The quantitative estimate of drug-likeness (QED) is 0.0730. The molecule has 10 nitrogen and oxygen atoms in total. The molecule has 1 fully saturated rings. The monoisotopic (exact) mass is 744 g/mol. The van der Waals surface area contributed by atoms with Crippen LogP contribution in [0.15, 0.2) is 60.9 Å². The van der Waals surface area contributed by atoms with Gasteiger partial charge in [0.15, 0.2) is 5.65 Å². The number of carbonyl (C=O) groups excluding carboxylic acids is 1. The molecule has 1 amide bonds. The van der Waals surface area contributed by atoms with E-state index in [0.29, 0.717) is 26.7 Å². The Balaban J connectivity index is 1.47. The van der Waals surface area contributed by atoms with Crippen LogP contribution in [0, 0.1) is 0 Å². The van der Waals surface area contributed by atoms with Crippen LogP contribution in [0.1, 0.15) is 58.1 Å². The highest BCUT2D eigenvalue weighted by atomic mass is 28.3. The fourth-order valence-corrected chi connectivity index (χ4v) is 7.73. The number of nitrogens with zero attached hydrogens (tertiary/aromatic N) is 5. The largest absolute Gasteiger partial charge is 0.444 e. The molecule has 4 aromatic rings. The molecule has 0 spiro atoms. The van der Waals surface area contributed by atoms with Crippen LogP contribution in [0.2, 0.25) is 51.4 Å². The Hall–Kier alpha value is -3.59. The number of pyridine rings is 1. The summed E-state index contributed by atoms with van der Waals surface area (Å²) in [6, 6.07) is 18.8. The second-order valence-corrected chi connectivity index (χ2v) is 28.8. The van der Waals surface area contributed by atoms with Crippen LogP contribution in [-0.2, 0) is 14.2 Å². The maximum Gasteiger partial charge on any atom is 0.407 e. The first-order valence-corrected chi connectivity index (χ1v) is 26.3. The molecule has 0 bridgehead atoms. The Labute approximate surface area is 312 Å². The fourth-order valence-electron chi connectivity index (χ4n) is 6.22. The Morgan fingerprint density at radius 1 is 0.865 bits per heavy atom. The van der Waals surface area contributed by atoms with E-state index in [1.807, 2.05) is 55.9 Å². The topological polar surface area (TPSA) is 103 Å². The maximum atomic E-state index is 12.5. The van der Waals surface area contributed by atoms with Crippen molar-refractivity contribution < 1.29 is 19.0 Å². The number of hydrogen-bond acceptors (Lipinski definition) is 8. The maximum absolute atomic E-state index is 12.5. The first-order valence-electron chi connectivity index (χ1n) is 18.9. The van der Waals surface area contributed by atoms with Crippen LogP contribution in [-0.4, -0.2) is 80.1 Å². The molecule has 12 heteroatoms. The van der Waals surface area contributed by atoms with Crippen LogP contribution in [0.5, 0.6) is 0 Å². The smallest absolute Gasteiger partial charge is 0.407 e. The van der Waals surface area contributed by atoms with E-state index in [2.05, 4.69) is 79.8 Å². The van der Waals surface area contributed by atoms with Gasteiger partial charge in [0.05, 0.1) is 11.9 Å². The van der Waals surface area contributed by atoms with Gasteiger partial charge in [0.25, 0.3) is 0 Å². The summed E-state index contributed by atoms with van der Waals surface area (Å²) >= 11 is 0. The highest BCUT2D eigenvalue weighted by Gasteiger charge is 2.28. The van der Waals surface area contributed by atoms with E-state index >= 15 is 0 Å². The molecule has 52 heavy (non-hydrogen) atoms. The van der Waals surface area contributed by atoms with Crippen molar-refractivity contribution >= 4 is 33.7 Å². The number of aromatic nitrogens is 4. The van der Waals surface area contributed by atoms with E-state index in [9.17, 15) is 4.79 Å². The van der Waals surface area contributed by atoms with Gasteiger partial charge < -0.3 is 24.4 Å². The summed E-state index contributed by atoms with van der Waals surface area (Å²) in [4.78, 5) is 24.8. The van der Waals surface area contributed by atoms with Gasteiger partial charge in [-0.25, -0.2) is 9.78 Å². The van der Waals surface area contributed by atoms with Crippen LogP contribution >= 0.6 is 0 Å². The molecule has 282 valence electrons. The van der Waals surface area contributed by atoms with Crippen LogP contribution in [0.25, 0.3) is 28.0 Å². The van der Waals surface area contributed by atoms with E-state index in [-0.39, 0.29) is 18.1 Å². The van der Waals surface area contributed by atoms with E-state index in [1.165, 1.54) is 0 Å². The van der Waals surface area contributed by atoms with Crippen molar-refractivity contribution in [2.45, 2.75) is 115 Å². The van der Waals surface area contributed by atoms with Crippen LogP contribution < -0.4 is 10.2 Å². The van der Waals surface area contributed by atoms with Gasteiger partial charge in [-0.1, -0.05) is 75.7 Å². The first kappa shape index (κ1) is 39.6. The number of anilines is 1. The highest BCUT2D eigenvalue weighted by Crippen LogP contribution is 2.36. The third-order valence-corrected chi connectivity index (χ3v) is 12.7. The standard InChI is InChI=1S/C40H60N6O4Si2/c1-40(2,3)50-39(47)43-33-18-15-31(16-19-33)36-25-37(45(28-48-21-23-51(4,5)6)29-49-22-24-52(7,8)9)46-38(44-36)34(27-42-46)32-17-20-35(41-26-32)30-13-11-10-12-14-30/h10-14,17,20,25-27,31,33H,15-16,18-19,21-24,28-29H2,1-9H3,(H,43,47)/t31-,33+. The number of hydrogen-bond donors (Lipinski definition) is 1. The molecule has 0 aliphatic heterocycles. The molecule has 3 aromatic heterocycles. The molecule has 5 rings (SSSR count). The van der Waals surface area contributed by atoms with Crippen molar-refractivity contribution in [3.05, 3.63) is 66.6 Å². The van der Waals surface area contributed by atoms with Gasteiger partial charge in [0, 0.05) is 76.0 Å². The summed E-state index contributed by atoms with van der Waals surface area (Å²) in [6.07, 6.45) is 6.97. The molecule has 0 unspecified atom stereocenters. The number of rotatable bonds is 15. The van der Waals surface area contributed by atoms with Gasteiger partial charge in [0.1, 0.15) is 24.9 Å². The second kappa shape index (κ2) is 17.0. The molecule has 1 N–H and O–H groups in total. The molecular weight excluding hydrogens is 685 g/mol. The summed E-state index contributed by atoms with van der Waals surface area (Å²) in [5.41, 5.74) is 5.15. The zero-order valence-corrected chi connectivity index (χ0v) is 34.9. The summed E-state index contributed by atoms with van der Waals surface area (Å²) < 4.78 is 20.2. The predicted octanol–water partition coefficient (Wildman–Crippen LogP) is 9.44. The number of ether oxygens (including phenoxy) is 3. The zero-order chi connectivity index (χ0) is 37.5. The third-order valence-electron chi connectivity index (χ3n) is 9.29. The van der Waals surface area contributed by atoms with Crippen LogP contribution in [0.3, 0.4) is 0 Å². The molecule has 1 saturated carbocycles. The van der Waals surface area contributed by atoms with E-state index in [0.717, 1.165) is 77.3 Å². The van der Waals surface area contributed by atoms with Crippen molar-refractivity contribution in [2.75, 3.05) is 31.6 Å². The highest BCUT2D eigenvalue weighted by molar-refractivity contribution is 6.76. The minimum atomic E-state index is -1.26. The Morgan fingerprint density at radius 3 is 2.06 bits per heavy atom. The zero-order valence-electron chi connectivity index (χ0n) is 32.9. The molecule has 3 heterocycles. The lowest BCUT2D eigenvalue weighted by molar-refractivity contribution is 0.0491. The number of nitrogens with one attached hydrogen (secondary N) is 1. The Bertz CT molecular complexity index is 1720. The van der Waals surface area contributed by atoms with Crippen LogP contribution in [0.4, 0.5) is 10.6 Å². The van der Waals surface area contributed by atoms with Crippen molar-refractivity contribution in [2.24, 2.45) is 0 Å². The van der Waals surface area contributed by atoms with Crippen molar-refractivity contribution in [1.82, 2.24) is 24.9 Å². The molecule has 0 radical (unpaired) electrons. The van der Waals surface area contributed by atoms with Gasteiger partial charge in [-0.15, -0.1) is 0 Å². The van der Waals surface area contributed by atoms with Crippen molar-refractivity contribution in [3.63, 3.8) is 0 Å². The summed E-state index contributed by atoms with van der Waals surface area (Å²) in [6.45, 7) is 22.1. The fraction of sp³-hybridized carbons (Fsp3) is 0.550. The number of carbonyl (C=O) groups is 1. The van der Waals surface area contributed by atoms with E-state index < -0.39 is 21.7 Å². The first-order chi connectivity index (χ1) is 24.5. The lowest BCUT2D eigenvalue weighted by atomic mass is 9.84. The predicted molar refractivity (Wildman–Crippen MR) is 216 cm³/mol. The van der Waals surface area contributed by atoms with Gasteiger partial charge in [-0.2, -0.15) is 9.61 Å². The number of alkyl carbamates (subject to hydrolysis) is 1. The van der Waals surface area contributed by atoms with Crippen molar-refractivity contribution in [3.8, 4) is 22.4 Å². The minimum absolute atomic E-state index is 0.0741. The second-order valence-electron chi connectivity index (χ2n) is 17.6. The molecular formula is C40H60N6O4Si2. The number of amides is 1. The van der Waals surface area contributed by atoms with Gasteiger partial charge in [0.2, 0.25) is 0 Å². The molecule has 1 aliphatic carbocycles. The molecule has 1 aromatic carbocycles. The number of benzene rings is 1. The Kier molecular flexibility index (Phi) is 13.0. The van der Waals surface area contributed by atoms with Gasteiger partial charge >= 0.3 is 6.09 Å². The normalized spacial score (nSPS) is 16.9. The van der Waals surface area contributed by atoms with E-state index in [4.69, 9.17) is 29.3 Å². The van der Waals surface area contributed by atoms with Gasteiger partial charge in [-0.05, 0) is 64.6 Å².